The van der Waals surface area contributed by atoms with E-state index in [2.05, 4.69) is 20.8 Å². The number of carbonyl (C=O) groups excluding carboxylic acids is 1. The Morgan fingerprint density at radius 1 is 1.15 bits per heavy atom. The normalized spacial score (nSPS) is 23.6. The zero-order valence-corrected chi connectivity index (χ0v) is 14.0. The predicted molar refractivity (Wildman–Crippen MR) is 85.5 cm³/mol. The van der Waals surface area contributed by atoms with Gasteiger partial charge in [0.15, 0.2) is 0 Å². The summed E-state index contributed by atoms with van der Waals surface area (Å²) in [5, 5.41) is 0. The zero-order chi connectivity index (χ0) is 15.2. The summed E-state index contributed by atoms with van der Waals surface area (Å²) in [6.07, 6.45) is 8.70. The van der Waals surface area contributed by atoms with Crippen molar-refractivity contribution in [2.75, 3.05) is 13.6 Å². The van der Waals surface area contributed by atoms with Gasteiger partial charge in [-0.15, -0.1) is 0 Å². The molecule has 0 bridgehead atoms. The van der Waals surface area contributed by atoms with Crippen molar-refractivity contribution in [3.63, 3.8) is 0 Å². The maximum atomic E-state index is 13.0. The van der Waals surface area contributed by atoms with Crippen molar-refractivity contribution in [3.8, 4) is 0 Å². The number of rotatable bonds is 7. The van der Waals surface area contributed by atoms with Gasteiger partial charge in [0.2, 0.25) is 5.91 Å². The van der Waals surface area contributed by atoms with E-state index in [1.54, 1.807) is 0 Å². The average molecular weight is 282 g/mol. The summed E-state index contributed by atoms with van der Waals surface area (Å²) in [6.45, 7) is 7.10. The van der Waals surface area contributed by atoms with Crippen LogP contribution in [0.3, 0.4) is 0 Å². The molecule has 3 heteroatoms. The number of hydrogen-bond donors (Lipinski definition) is 1. The van der Waals surface area contributed by atoms with Crippen LogP contribution in [0.1, 0.15) is 72.1 Å². The second-order valence-electron chi connectivity index (χ2n) is 6.81. The first kappa shape index (κ1) is 17.5. The van der Waals surface area contributed by atoms with Gasteiger partial charge in [0, 0.05) is 19.6 Å². The second-order valence-corrected chi connectivity index (χ2v) is 6.81. The van der Waals surface area contributed by atoms with Crippen molar-refractivity contribution in [2.45, 2.75) is 78.2 Å². The van der Waals surface area contributed by atoms with E-state index in [1.807, 2.05) is 11.9 Å². The fraction of sp³-hybridized carbons (Fsp3) is 0.941. The average Bonchev–Trinajstić information content (AvgIpc) is 2.46. The lowest BCUT2D eigenvalue weighted by Gasteiger charge is -2.40. The SMILES string of the molecule is CCCC(CN)(CCC)C(=O)N(C)C1CCC(C)CC1. The van der Waals surface area contributed by atoms with Crippen molar-refractivity contribution in [3.05, 3.63) is 0 Å². The van der Waals surface area contributed by atoms with Gasteiger partial charge in [-0.2, -0.15) is 0 Å². The third kappa shape index (κ3) is 3.97. The Hall–Kier alpha value is -0.570. The minimum Gasteiger partial charge on any atom is -0.342 e. The molecular formula is C17H34N2O. The van der Waals surface area contributed by atoms with Crippen molar-refractivity contribution >= 4 is 5.91 Å². The Labute approximate surface area is 125 Å². The summed E-state index contributed by atoms with van der Waals surface area (Å²) in [7, 11) is 2.00. The van der Waals surface area contributed by atoms with E-state index < -0.39 is 0 Å². The third-order valence-electron chi connectivity index (χ3n) is 5.15. The van der Waals surface area contributed by atoms with Crippen LogP contribution in [-0.2, 0) is 4.79 Å². The van der Waals surface area contributed by atoms with E-state index >= 15 is 0 Å². The molecule has 0 heterocycles. The molecule has 1 rings (SSSR count). The van der Waals surface area contributed by atoms with E-state index in [0.717, 1.165) is 44.4 Å². The van der Waals surface area contributed by atoms with Crippen LogP contribution in [0.2, 0.25) is 0 Å². The largest absolute Gasteiger partial charge is 0.342 e. The van der Waals surface area contributed by atoms with Crippen LogP contribution in [-0.4, -0.2) is 30.4 Å². The van der Waals surface area contributed by atoms with Gasteiger partial charge in [0.05, 0.1) is 5.41 Å². The van der Waals surface area contributed by atoms with Gasteiger partial charge in [-0.3, -0.25) is 4.79 Å². The molecule has 2 N–H and O–H groups in total. The predicted octanol–water partition coefficient (Wildman–Crippen LogP) is 3.57. The molecule has 20 heavy (non-hydrogen) atoms. The number of carbonyl (C=O) groups is 1. The summed E-state index contributed by atoms with van der Waals surface area (Å²) >= 11 is 0. The molecule has 1 fully saturated rings. The van der Waals surface area contributed by atoms with E-state index in [1.165, 1.54) is 12.8 Å². The maximum absolute atomic E-state index is 13.0. The number of nitrogens with two attached hydrogens (primary N) is 1. The minimum atomic E-state index is -0.318. The lowest BCUT2D eigenvalue weighted by atomic mass is 9.77. The third-order valence-corrected chi connectivity index (χ3v) is 5.15. The van der Waals surface area contributed by atoms with Crippen molar-refractivity contribution in [1.82, 2.24) is 4.90 Å². The highest BCUT2D eigenvalue weighted by atomic mass is 16.2. The van der Waals surface area contributed by atoms with Crippen LogP contribution < -0.4 is 5.73 Å². The summed E-state index contributed by atoms with van der Waals surface area (Å²) in [6, 6.07) is 0.429. The Morgan fingerprint density at radius 3 is 2.05 bits per heavy atom. The van der Waals surface area contributed by atoms with Gasteiger partial charge in [0.1, 0.15) is 0 Å². The van der Waals surface area contributed by atoms with Crippen LogP contribution in [0.25, 0.3) is 0 Å². The van der Waals surface area contributed by atoms with E-state index in [-0.39, 0.29) is 5.41 Å². The smallest absolute Gasteiger partial charge is 0.230 e. The van der Waals surface area contributed by atoms with Gasteiger partial charge in [-0.1, -0.05) is 33.6 Å². The molecule has 0 aromatic rings. The molecule has 0 saturated heterocycles. The van der Waals surface area contributed by atoms with Crippen molar-refractivity contribution in [1.29, 1.82) is 0 Å². The Morgan fingerprint density at radius 2 is 1.65 bits per heavy atom. The first-order valence-electron chi connectivity index (χ1n) is 8.48. The standard InChI is InChI=1S/C17H34N2O/c1-5-11-17(13-18,12-6-2)16(20)19(4)15-9-7-14(3)8-10-15/h14-15H,5-13,18H2,1-4H3. The monoisotopic (exact) mass is 282 g/mol. The second kappa shape index (κ2) is 8.02. The highest BCUT2D eigenvalue weighted by molar-refractivity contribution is 5.83. The molecule has 0 radical (unpaired) electrons. The van der Waals surface area contributed by atoms with Gasteiger partial charge >= 0.3 is 0 Å². The Bertz CT molecular complexity index is 289. The molecule has 1 amide bonds. The molecule has 0 aliphatic heterocycles. The molecule has 0 spiro atoms. The summed E-state index contributed by atoms with van der Waals surface area (Å²) in [5.41, 5.74) is 5.70. The molecule has 0 aromatic heterocycles. The van der Waals surface area contributed by atoms with E-state index in [4.69, 9.17) is 5.73 Å². The number of nitrogens with zero attached hydrogens (tertiary/aromatic N) is 1. The van der Waals surface area contributed by atoms with Crippen LogP contribution in [0.5, 0.6) is 0 Å². The summed E-state index contributed by atoms with van der Waals surface area (Å²) in [4.78, 5) is 15.0. The quantitative estimate of drug-likeness (QED) is 0.776. The molecule has 0 atom stereocenters. The molecule has 118 valence electrons. The Balaban J connectivity index is 2.77. The number of hydrogen-bond acceptors (Lipinski definition) is 2. The van der Waals surface area contributed by atoms with Crippen LogP contribution in [0.15, 0.2) is 0 Å². The van der Waals surface area contributed by atoms with E-state index in [0.29, 0.717) is 18.5 Å². The number of amides is 1. The lowest BCUT2D eigenvalue weighted by Crippen LogP contribution is -2.50. The maximum Gasteiger partial charge on any atom is 0.230 e. The minimum absolute atomic E-state index is 0.295. The van der Waals surface area contributed by atoms with Crippen LogP contribution in [0, 0.1) is 11.3 Å². The molecule has 0 unspecified atom stereocenters. The zero-order valence-electron chi connectivity index (χ0n) is 14.0. The summed E-state index contributed by atoms with van der Waals surface area (Å²) in [5.74, 6) is 1.11. The molecule has 1 aliphatic rings. The van der Waals surface area contributed by atoms with Gasteiger partial charge in [0.25, 0.3) is 0 Å². The summed E-state index contributed by atoms with van der Waals surface area (Å²) < 4.78 is 0. The highest BCUT2D eigenvalue weighted by Crippen LogP contribution is 2.34. The first-order chi connectivity index (χ1) is 9.50. The van der Waals surface area contributed by atoms with Gasteiger partial charge < -0.3 is 10.6 Å². The van der Waals surface area contributed by atoms with Gasteiger partial charge in [-0.05, 0) is 44.4 Å². The molecule has 1 aliphatic carbocycles. The highest BCUT2D eigenvalue weighted by Gasteiger charge is 2.39. The molecular weight excluding hydrogens is 248 g/mol. The molecule has 1 saturated carbocycles. The van der Waals surface area contributed by atoms with Crippen molar-refractivity contribution < 1.29 is 4.79 Å². The molecule has 0 aromatic carbocycles. The molecule has 3 nitrogen and oxygen atoms in total. The van der Waals surface area contributed by atoms with Crippen LogP contribution >= 0.6 is 0 Å². The fourth-order valence-corrected chi connectivity index (χ4v) is 3.76. The van der Waals surface area contributed by atoms with Crippen LogP contribution in [0.4, 0.5) is 0 Å². The lowest BCUT2D eigenvalue weighted by molar-refractivity contribution is -0.144. The van der Waals surface area contributed by atoms with Crippen molar-refractivity contribution in [2.24, 2.45) is 17.1 Å². The Kier molecular flexibility index (Phi) is 7.01. The van der Waals surface area contributed by atoms with E-state index in [9.17, 15) is 4.79 Å². The topological polar surface area (TPSA) is 46.3 Å². The van der Waals surface area contributed by atoms with Gasteiger partial charge in [-0.25, -0.2) is 0 Å². The fourth-order valence-electron chi connectivity index (χ4n) is 3.76. The first-order valence-corrected chi connectivity index (χ1v) is 8.48.